The number of fused-ring (bicyclic) bond motifs is 1. The van der Waals surface area contributed by atoms with Crippen molar-refractivity contribution in [2.75, 3.05) is 31.1 Å². The Bertz CT molecular complexity index is 622. The van der Waals surface area contributed by atoms with Crippen molar-refractivity contribution >= 4 is 27.4 Å². The summed E-state index contributed by atoms with van der Waals surface area (Å²) in [5, 5.41) is 16.6. The van der Waals surface area contributed by atoms with Crippen molar-refractivity contribution in [3.05, 3.63) is 22.4 Å². The number of aromatic nitrogens is 3. The Morgan fingerprint density at radius 2 is 2.17 bits per heavy atom. The lowest BCUT2D eigenvalue weighted by Crippen LogP contribution is -2.43. The normalized spacial score (nSPS) is 15.9. The van der Waals surface area contributed by atoms with Gasteiger partial charge in [-0.25, -0.2) is 9.50 Å². The highest BCUT2D eigenvalue weighted by atomic mass is 79.9. The van der Waals surface area contributed by atoms with Gasteiger partial charge in [0.2, 0.25) is 0 Å². The van der Waals surface area contributed by atoms with Crippen LogP contribution in [0, 0.1) is 11.3 Å². The van der Waals surface area contributed by atoms with E-state index in [1.165, 1.54) is 0 Å². The molecular weight excluding hydrogens is 296 g/mol. The number of rotatable bonds is 1. The first-order valence-corrected chi connectivity index (χ1v) is 6.49. The summed E-state index contributed by atoms with van der Waals surface area (Å²) >= 11 is 3.27. The molecule has 0 aromatic carbocycles. The monoisotopic (exact) mass is 306 g/mol. The molecule has 0 spiro atoms. The molecule has 92 valence electrons. The minimum absolute atomic E-state index is 0.479. The molecule has 0 unspecified atom stereocenters. The highest BCUT2D eigenvalue weighted by Crippen LogP contribution is 2.21. The van der Waals surface area contributed by atoms with Gasteiger partial charge in [-0.05, 0) is 22.0 Å². The van der Waals surface area contributed by atoms with E-state index in [0.29, 0.717) is 15.8 Å². The Morgan fingerprint density at radius 1 is 1.39 bits per heavy atom. The van der Waals surface area contributed by atoms with Crippen LogP contribution in [0.1, 0.15) is 5.56 Å². The van der Waals surface area contributed by atoms with Crippen molar-refractivity contribution < 1.29 is 0 Å². The number of hydrogen-bond acceptors (Lipinski definition) is 5. The molecule has 0 bridgehead atoms. The van der Waals surface area contributed by atoms with Crippen molar-refractivity contribution in [1.29, 1.82) is 5.26 Å². The van der Waals surface area contributed by atoms with Crippen LogP contribution in [0.3, 0.4) is 0 Å². The molecule has 2 aromatic rings. The number of nitrogens with one attached hydrogen (secondary N) is 1. The topological polar surface area (TPSA) is 69.2 Å². The lowest BCUT2D eigenvalue weighted by Gasteiger charge is -2.28. The average Bonchev–Trinajstić information content (AvgIpc) is 2.74. The second kappa shape index (κ2) is 4.55. The Hall–Kier alpha value is -1.65. The minimum Gasteiger partial charge on any atom is -0.354 e. The smallest absolute Gasteiger partial charge is 0.176 e. The summed E-state index contributed by atoms with van der Waals surface area (Å²) in [6, 6.07) is 4.05. The third-order valence-electron chi connectivity index (χ3n) is 2.98. The Morgan fingerprint density at radius 3 is 2.89 bits per heavy atom. The first kappa shape index (κ1) is 11.4. The molecule has 6 nitrogen and oxygen atoms in total. The number of nitriles is 1. The van der Waals surface area contributed by atoms with Gasteiger partial charge in [-0.2, -0.15) is 10.4 Å². The highest BCUT2D eigenvalue weighted by Gasteiger charge is 2.16. The Labute approximate surface area is 112 Å². The summed E-state index contributed by atoms with van der Waals surface area (Å²) in [7, 11) is 0. The number of halogens is 1. The van der Waals surface area contributed by atoms with Crippen molar-refractivity contribution in [3.63, 3.8) is 0 Å². The third-order valence-corrected chi connectivity index (χ3v) is 3.54. The highest BCUT2D eigenvalue weighted by molar-refractivity contribution is 9.10. The van der Waals surface area contributed by atoms with Crippen molar-refractivity contribution in [2.45, 2.75) is 0 Å². The maximum absolute atomic E-state index is 9.11. The predicted molar refractivity (Wildman–Crippen MR) is 70.5 cm³/mol. The zero-order valence-electron chi connectivity index (χ0n) is 9.60. The van der Waals surface area contributed by atoms with Crippen LogP contribution < -0.4 is 10.2 Å². The standard InChI is InChI=1S/C11H11BrN6/c12-10-8(7-13)11-15-9(1-4-18(11)16-10)17-5-2-14-3-6-17/h1,4,14H,2-3,5-6H2. The van der Waals surface area contributed by atoms with Crippen molar-refractivity contribution in [1.82, 2.24) is 19.9 Å². The summed E-state index contributed by atoms with van der Waals surface area (Å²) < 4.78 is 2.16. The first-order chi connectivity index (χ1) is 8.79. The Balaban J connectivity index is 2.07. The maximum atomic E-state index is 9.11. The van der Waals surface area contributed by atoms with Gasteiger partial charge in [0, 0.05) is 32.4 Å². The molecule has 1 N–H and O–H groups in total. The van der Waals surface area contributed by atoms with Gasteiger partial charge in [-0.3, -0.25) is 0 Å². The Kier molecular flexibility index (Phi) is 2.89. The van der Waals surface area contributed by atoms with Gasteiger partial charge in [-0.15, -0.1) is 0 Å². The quantitative estimate of drug-likeness (QED) is 0.843. The summed E-state index contributed by atoms with van der Waals surface area (Å²) in [6.45, 7) is 3.78. The summed E-state index contributed by atoms with van der Waals surface area (Å²) in [5.41, 5.74) is 1.08. The zero-order chi connectivity index (χ0) is 12.5. The lowest BCUT2D eigenvalue weighted by atomic mass is 10.3. The van der Waals surface area contributed by atoms with Crippen LogP contribution in [0.4, 0.5) is 5.82 Å². The second-order valence-electron chi connectivity index (χ2n) is 4.07. The van der Waals surface area contributed by atoms with Crippen LogP contribution >= 0.6 is 15.9 Å². The molecule has 1 aliphatic heterocycles. The van der Waals surface area contributed by atoms with Crippen molar-refractivity contribution in [2.24, 2.45) is 0 Å². The molecule has 1 fully saturated rings. The first-order valence-electron chi connectivity index (χ1n) is 5.70. The molecule has 3 rings (SSSR count). The van der Waals surface area contributed by atoms with E-state index in [-0.39, 0.29) is 0 Å². The van der Waals surface area contributed by atoms with E-state index in [0.717, 1.165) is 32.0 Å². The van der Waals surface area contributed by atoms with E-state index in [9.17, 15) is 0 Å². The minimum atomic E-state index is 0.479. The van der Waals surface area contributed by atoms with Gasteiger partial charge in [-0.1, -0.05) is 0 Å². The molecule has 0 aliphatic carbocycles. The molecule has 2 aromatic heterocycles. The summed E-state index contributed by atoms with van der Waals surface area (Å²) in [6.07, 6.45) is 1.84. The molecule has 3 heterocycles. The van der Waals surface area contributed by atoms with Gasteiger partial charge in [0.1, 0.15) is 22.1 Å². The van der Waals surface area contributed by atoms with E-state index < -0.39 is 0 Å². The van der Waals surface area contributed by atoms with E-state index in [1.54, 1.807) is 4.52 Å². The maximum Gasteiger partial charge on any atom is 0.176 e. The van der Waals surface area contributed by atoms with Crippen LogP contribution in [0.25, 0.3) is 5.65 Å². The van der Waals surface area contributed by atoms with E-state index in [4.69, 9.17) is 5.26 Å². The number of piperazine rings is 1. The molecule has 0 amide bonds. The van der Waals surface area contributed by atoms with Gasteiger partial charge in [0.05, 0.1) is 0 Å². The molecular formula is C11H11BrN6. The number of nitrogens with zero attached hydrogens (tertiary/aromatic N) is 5. The molecule has 1 aliphatic rings. The van der Waals surface area contributed by atoms with Crippen LogP contribution in [0.2, 0.25) is 0 Å². The van der Waals surface area contributed by atoms with Gasteiger partial charge in [0.15, 0.2) is 5.65 Å². The molecule has 0 atom stereocenters. The fourth-order valence-corrected chi connectivity index (χ4v) is 2.50. The molecule has 0 saturated carbocycles. The average molecular weight is 307 g/mol. The van der Waals surface area contributed by atoms with Crippen LogP contribution in [0.15, 0.2) is 16.9 Å². The largest absolute Gasteiger partial charge is 0.354 e. The van der Waals surface area contributed by atoms with E-state index >= 15 is 0 Å². The molecule has 0 radical (unpaired) electrons. The molecule has 18 heavy (non-hydrogen) atoms. The SMILES string of the molecule is N#Cc1c(Br)nn2ccc(N3CCNCC3)nc12. The fourth-order valence-electron chi connectivity index (χ4n) is 2.06. The van der Waals surface area contributed by atoms with Crippen LogP contribution in [-0.2, 0) is 0 Å². The number of anilines is 1. The lowest BCUT2D eigenvalue weighted by molar-refractivity contribution is 0.585. The summed E-state index contributed by atoms with van der Waals surface area (Å²) in [4.78, 5) is 6.74. The van der Waals surface area contributed by atoms with Crippen molar-refractivity contribution in [3.8, 4) is 6.07 Å². The fraction of sp³-hybridized carbons (Fsp3) is 0.364. The second-order valence-corrected chi connectivity index (χ2v) is 4.82. The van der Waals surface area contributed by atoms with Crippen LogP contribution in [-0.4, -0.2) is 40.8 Å². The third kappa shape index (κ3) is 1.83. The molecule has 1 saturated heterocycles. The zero-order valence-corrected chi connectivity index (χ0v) is 11.2. The van der Waals surface area contributed by atoms with Gasteiger partial charge >= 0.3 is 0 Å². The van der Waals surface area contributed by atoms with Gasteiger partial charge < -0.3 is 10.2 Å². The van der Waals surface area contributed by atoms with Gasteiger partial charge in [0.25, 0.3) is 0 Å². The number of hydrogen-bond donors (Lipinski definition) is 1. The van der Waals surface area contributed by atoms with E-state index in [1.807, 2.05) is 12.3 Å². The predicted octanol–water partition coefficient (Wildman–Crippen LogP) is 0.773. The molecule has 7 heteroatoms. The van der Waals surface area contributed by atoms with Crippen LogP contribution in [0.5, 0.6) is 0 Å². The van der Waals surface area contributed by atoms with E-state index in [2.05, 4.69) is 42.3 Å². The summed E-state index contributed by atoms with van der Waals surface area (Å²) in [5.74, 6) is 0.896.